The van der Waals surface area contributed by atoms with E-state index in [1.54, 1.807) is 64.1 Å². The largest absolute Gasteiger partial charge is 0.497 e. The van der Waals surface area contributed by atoms with Crippen molar-refractivity contribution in [3.63, 3.8) is 0 Å². The van der Waals surface area contributed by atoms with Crippen molar-refractivity contribution in [3.8, 4) is 5.75 Å². The maximum Gasteiger partial charge on any atom is 0.355 e. The third-order valence-corrected chi connectivity index (χ3v) is 5.85. The first kappa shape index (κ1) is 25.7. The molecule has 0 fully saturated rings. The lowest BCUT2D eigenvalue weighted by atomic mass is 9.98. The van der Waals surface area contributed by atoms with Gasteiger partial charge in [-0.3, -0.25) is 9.59 Å². The molecule has 0 bridgehead atoms. The third-order valence-electron chi connectivity index (χ3n) is 5.85. The lowest BCUT2D eigenvalue weighted by Gasteiger charge is -2.29. The van der Waals surface area contributed by atoms with Crippen LogP contribution in [0.5, 0.6) is 5.75 Å². The number of nitrogens with zero attached hydrogens (tertiary/aromatic N) is 1. The number of carbonyl (C=O) groups is 3. The van der Waals surface area contributed by atoms with E-state index in [2.05, 4.69) is 4.98 Å². The van der Waals surface area contributed by atoms with Gasteiger partial charge in [0.1, 0.15) is 17.3 Å². The first-order valence-electron chi connectivity index (χ1n) is 11.3. The summed E-state index contributed by atoms with van der Waals surface area (Å²) < 4.78 is 23.8. The fourth-order valence-electron chi connectivity index (χ4n) is 3.97. The van der Waals surface area contributed by atoms with E-state index in [1.807, 2.05) is 0 Å². The molecule has 1 heterocycles. The highest BCUT2D eigenvalue weighted by Crippen LogP contribution is 2.24. The summed E-state index contributed by atoms with van der Waals surface area (Å²) in [5.74, 6) is -1.15. The number of aromatic amines is 1. The zero-order chi connectivity index (χ0) is 25.7. The zero-order valence-electron chi connectivity index (χ0n) is 20.5. The summed E-state index contributed by atoms with van der Waals surface area (Å²) in [6.45, 7) is 7.00. The van der Waals surface area contributed by atoms with Crippen LogP contribution in [0.2, 0.25) is 0 Å². The molecule has 8 heteroatoms. The lowest BCUT2D eigenvalue weighted by molar-refractivity contribution is 0.0518. The molecule has 0 saturated heterocycles. The van der Waals surface area contributed by atoms with Gasteiger partial charge in [0.2, 0.25) is 0 Å². The highest BCUT2D eigenvalue weighted by Gasteiger charge is 2.32. The number of ketones is 1. The molecule has 1 N–H and O–H groups in total. The van der Waals surface area contributed by atoms with Crippen LogP contribution in [0.3, 0.4) is 0 Å². The van der Waals surface area contributed by atoms with E-state index in [0.717, 1.165) is 0 Å². The Labute approximate surface area is 203 Å². The topological polar surface area (TPSA) is 88.7 Å². The quantitative estimate of drug-likeness (QED) is 0.349. The van der Waals surface area contributed by atoms with Gasteiger partial charge in [0.15, 0.2) is 5.78 Å². The maximum absolute atomic E-state index is 13.7. The molecule has 0 aliphatic heterocycles. The van der Waals surface area contributed by atoms with Crippen LogP contribution >= 0.6 is 0 Å². The number of amides is 1. The number of rotatable bonds is 9. The second-order valence-corrected chi connectivity index (χ2v) is 8.18. The van der Waals surface area contributed by atoms with Crippen LogP contribution in [0.4, 0.5) is 4.39 Å². The predicted octanol–water partition coefficient (Wildman–Crippen LogP) is 4.87. The molecule has 1 aromatic heterocycles. The molecular formula is C27H29FN2O5. The van der Waals surface area contributed by atoms with Crippen molar-refractivity contribution < 1.29 is 28.2 Å². The Balaban J connectivity index is 2.00. The number of methoxy groups -OCH3 is 1. The molecule has 7 nitrogen and oxygen atoms in total. The van der Waals surface area contributed by atoms with Crippen molar-refractivity contribution in [3.05, 3.63) is 88.0 Å². The summed E-state index contributed by atoms with van der Waals surface area (Å²) in [5, 5.41) is 0. The minimum absolute atomic E-state index is 0.0798. The van der Waals surface area contributed by atoms with Crippen LogP contribution in [0, 0.1) is 19.7 Å². The standard InChI is InChI=1S/C27H29FN2O5/c1-6-35-27(33)24-16(2)23(17(3)29-24)25(31)18(4)30(15-19-10-12-21(28)13-11-19)26(32)20-8-7-9-22(14-20)34-5/h7-14,18,29H,6,15H2,1-5H3/t18-/m1/s1. The molecule has 0 unspecified atom stereocenters. The van der Waals surface area contributed by atoms with Crippen molar-refractivity contribution in [2.24, 2.45) is 0 Å². The Morgan fingerprint density at radius 3 is 2.40 bits per heavy atom. The molecular weight excluding hydrogens is 451 g/mol. The van der Waals surface area contributed by atoms with Crippen molar-refractivity contribution in [2.75, 3.05) is 13.7 Å². The van der Waals surface area contributed by atoms with E-state index in [9.17, 15) is 18.8 Å². The highest BCUT2D eigenvalue weighted by molar-refractivity contribution is 6.07. The fourth-order valence-corrected chi connectivity index (χ4v) is 3.97. The number of hydrogen-bond donors (Lipinski definition) is 1. The van der Waals surface area contributed by atoms with Gasteiger partial charge in [-0.25, -0.2) is 9.18 Å². The SMILES string of the molecule is CCOC(=O)c1[nH]c(C)c(C(=O)[C@@H](C)N(Cc2ccc(F)cc2)C(=O)c2cccc(OC)c2)c1C. The summed E-state index contributed by atoms with van der Waals surface area (Å²) in [6, 6.07) is 11.5. The van der Waals surface area contributed by atoms with Crippen molar-refractivity contribution in [1.29, 1.82) is 0 Å². The normalized spacial score (nSPS) is 11.6. The molecule has 184 valence electrons. The molecule has 2 aromatic carbocycles. The van der Waals surface area contributed by atoms with E-state index in [1.165, 1.54) is 24.1 Å². The highest BCUT2D eigenvalue weighted by atomic mass is 19.1. The summed E-state index contributed by atoms with van der Waals surface area (Å²) in [7, 11) is 1.50. The summed E-state index contributed by atoms with van der Waals surface area (Å²) >= 11 is 0. The molecule has 1 atom stereocenters. The molecule has 0 aliphatic rings. The minimum atomic E-state index is -0.887. The maximum atomic E-state index is 13.7. The van der Waals surface area contributed by atoms with Crippen molar-refractivity contribution in [1.82, 2.24) is 9.88 Å². The van der Waals surface area contributed by atoms with Crippen LogP contribution in [0.25, 0.3) is 0 Å². The number of esters is 1. The van der Waals surface area contributed by atoms with Crippen molar-refractivity contribution >= 4 is 17.7 Å². The lowest BCUT2D eigenvalue weighted by Crippen LogP contribution is -2.43. The second-order valence-electron chi connectivity index (χ2n) is 8.18. The first-order chi connectivity index (χ1) is 16.7. The van der Waals surface area contributed by atoms with Crippen LogP contribution in [-0.2, 0) is 11.3 Å². The van der Waals surface area contributed by atoms with Gasteiger partial charge < -0.3 is 19.4 Å². The average molecular weight is 481 g/mol. The van der Waals surface area contributed by atoms with Crippen LogP contribution < -0.4 is 4.74 Å². The number of benzene rings is 2. The summed E-state index contributed by atoms with van der Waals surface area (Å²) in [6.07, 6.45) is 0. The minimum Gasteiger partial charge on any atom is -0.497 e. The van der Waals surface area contributed by atoms with Gasteiger partial charge in [-0.2, -0.15) is 0 Å². The summed E-state index contributed by atoms with van der Waals surface area (Å²) in [4.78, 5) is 44.0. The Bertz CT molecular complexity index is 1230. The van der Waals surface area contributed by atoms with E-state index in [0.29, 0.717) is 33.7 Å². The first-order valence-corrected chi connectivity index (χ1v) is 11.3. The Hall–Kier alpha value is -3.94. The van der Waals surface area contributed by atoms with Gasteiger partial charge in [-0.05, 0) is 69.2 Å². The zero-order valence-corrected chi connectivity index (χ0v) is 20.5. The van der Waals surface area contributed by atoms with E-state index < -0.39 is 17.8 Å². The van der Waals surface area contributed by atoms with Crippen molar-refractivity contribution in [2.45, 2.75) is 40.3 Å². The molecule has 3 aromatic rings. The number of hydrogen-bond acceptors (Lipinski definition) is 5. The van der Waals surface area contributed by atoms with Gasteiger partial charge in [0.25, 0.3) is 5.91 Å². The average Bonchev–Trinajstić information content (AvgIpc) is 3.16. The Kier molecular flexibility index (Phi) is 8.06. The van der Waals surface area contributed by atoms with Gasteiger partial charge in [-0.15, -0.1) is 0 Å². The molecule has 3 rings (SSSR count). The van der Waals surface area contributed by atoms with E-state index >= 15 is 0 Å². The molecule has 0 spiro atoms. The smallest absolute Gasteiger partial charge is 0.355 e. The number of aryl methyl sites for hydroxylation is 1. The Morgan fingerprint density at radius 1 is 1.09 bits per heavy atom. The number of carbonyl (C=O) groups excluding carboxylic acids is 3. The van der Waals surface area contributed by atoms with Gasteiger partial charge in [0.05, 0.1) is 19.8 Å². The van der Waals surface area contributed by atoms with Crippen LogP contribution in [-0.4, -0.2) is 47.3 Å². The van der Waals surface area contributed by atoms with E-state index in [4.69, 9.17) is 9.47 Å². The monoisotopic (exact) mass is 480 g/mol. The van der Waals surface area contributed by atoms with Crippen LogP contribution in [0.1, 0.15) is 61.9 Å². The van der Waals surface area contributed by atoms with Gasteiger partial charge >= 0.3 is 5.97 Å². The molecule has 1 amide bonds. The fraction of sp³-hybridized carbons (Fsp3) is 0.296. The number of ether oxygens (including phenoxy) is 2. The molecule has 35 heavy (non-hydrogen) atoms. The molecule has 0 radical (unpaired) electrons. The van der Waals surface area contributed by atoms with Crippen LogP contribution in [0.15, 0.2) is 48.5 Å². The number of aromatic nitrogens is 1. The number of nitrogens with one attached hydrogen (secondary N) is 1. The second kappa shape index (κ2) is 11.0. The number of Topliss-reactive ketones (excluding diaryl/α,β-unsaturated/α-hetero) is 1. The van der Waals surface area contributed by atoms with Gasteiger partial charge in [-0.1, -0.05) is 18.2 Å². The Morgan fingerprint density at radius 2 is 1.77 bits per heavy atom. The predicted molar refractivity (Wildman–Crippen MR) is 129 cm³/mol. The summed E-state index contributed by atoms with van der Waals surface area (Å²) in [5.41, 5.74) is 2.54. The van der Waals surface area contributed by atoms with E-state index in [-0.39, 0.29) is 30.5 Å². The van der Waals surface area contributed by atoms with Gasteiger partial charge in [0, 0.05) is 23.4 Å². The molecule has 0 saturated carbocycles. The molecule has 0 aliphatic carbocycles. The third kappa shape index (κ3) is 5.59. The number of H-pyrrole nitrogens is 1. The number of halogens is 1.